The van der Waals surface area contributed by atoms with Crippen LogP contribution in [0.15, 0.2) is 178 Å². The maximum Gasteiger partial charge on any atom is 0.378 e. The Morgan fingerprint density at radius 3 is 0.843 bits per heavy atom. The predicted octanol–water partition coefficient (Wildman–Crippen LogP) is 9.30. The number of hydrogen-bond donors (Lipinski definition) is 0. The van der Waals surface area contributed by atoms with Gasteiger partial charge in [-0.25, -0.2) is 0 Å². The van der Waals surface area contributed by atoms with Gasteiger partial charge >= 0.3 is 47.4 Å². The lowest BCUT2D eigenvalue weighted by Gasteiger charge is -2.20. The van der Waals surface area contributed by atoms with E-state index >= 15 is 0 Å². The van der Waals surface area contributed by atoms with Gasteiger partial charge in [-0.3, -0.25) is 0 Å². The average Bonchev–Trinajstić information content (AvgIpc) is 3.35. The number of rotatable bonds is 12. The van der Waals surface area contributed by atoms with Gasteiger partial charge in [0.1, 0.15) is 31.9 Å². The fourth-order valence-electron chi connectivity index (χ4n) is 8.00. The Morgan fingerprint density at radius 2 is 0.600 bits per heavy atom. The van der Waals surface area contributed by atoms with E-state index in [0.29, 0.717) is 16.7 Å². The van der Waals surface area contributed by atoms with Crippen LogP contribution in [0.1, 0.15) is 22.6 Å². The Morgan fingerprint density at radius 1 is 0.343 bits per heavy atom. The molecule has 0 fully saturated rings. The molecule has 70 heavy (non-hydrogen) atoms. The number of fused-ring (bicyclic) bond motifs is 3. The molecule has 0 heterocycles. The van der Waals surface area contributed by atoms with E-state index in [4.69, 9.17) is 12.5 Å². The smallest absolute Gasteiger partial charge is 0.378 e. The molecule has 344 valence electrons. The van der Waals surface area contributed by atoms with Crippen molar-refractivity contribution in [1.82, 2.24) is 0 Å². The third-order valence-electron chi connectivity index (χ3n) is 11.2. The Kier molecular flexibility index (Phi) is 11.6. The first-order valence-electron chi connectivity index (χ1n) is 20.4. The molecule has 0 bridgehead atoms. The van der Waals surface area contributed by atoms with Crippen LogP contribution in [0.3, 0.4) is 0 Å². The molecule has 0 atom stereocenters. The average molecular weight is 989 g/mol. The van der Waals surface area contributed by atoms with E-state index in [0.717, 1.165) is 0 Å². The Balaban J connectivity index is 1.04. The lowest BCUT2D eigenvalue weighted by Crippen LogP contribution is -2.11. The van der Waals surface area contributed by atoms with Gasteiger partial charge in [0.2, 0.25) is 16.2 Å². The first-order chi connectivity index (χ1) is 33.5. The second kappa shape index (κ2) is 17.7. The largest absolute Gasteiger partial charge is 0.867 e. The van der Waals surface area contributed by atoms with Gasteiger partial charge in [-0.05, 0) is 123 Å². The lowest BCUT2D eigenvalue weighted by atomic mass is 9.85. The lowest BCUT2D eigenvalue weighted by molar-refractivity contribution is -0.265. The van der Waals surface area contributed by atoms with Gasteiger partial charge in [0.15, 0.2) is 14.9 Å². The molecular weight excluding hydrogens is 961 g/mol. The second-order valence-corrected chi connectivity index (χ2v) is 19.9. The van der Waals surface area contributed by atoms with Crippen molar-refractivity contribution < 1.29 is 53.1 Å². The molecule has 0 aliphatic rings. The van der Waals surface area contributed by atoms with Crippen LogP contribution in [0.5, 0.6) is 34.5 Å². The molecule has 0 unspecified atom stereocenters. The van der Waals surface area contributed by atoms with E-state index in [-0.39, 0.29) is 81.3 Å². The van der Waals surface area contributed by atoms with Gasteiger partial charge < -0.3 is 27.9 Å². The van der Waals surface area contributed by atoms with Crippen molar-refractivity contribution in [2.45, 2.75) is 20.6 Å². The molecule has 0 saturated heterocycles. The highest BCUT2D eigenvalue weighted by molar-refractivity contribution is 7.88. The van der Waals surface area contributed by atoms with Crippen LogP contribution in [0.2, 0.25) is 0 Å². The van der Waals surface area contributed by atoms with Crippen molar-refractivity contribution in [3.63, 3.8) is 0 Å². The van der Waals surface area contributed by atoms with Crippen molar-refractivity contribution in [3.8, 4) is 34.5 Å². The van der Waals surface area contributed by atoms with E-state index in [1.54, 1.807) is 36.4 Å². The van der Waals surface area contributed by atoms with E-state index in [1.807, 2.05) is 0 Å². The normalized spacial score (nSPS) is 11.7. The molecule has 9 aromatic carbocycles. The first kappa shape index (κ1) is 45.8. The molecule has 18 nitrogen and oxygen atoms in total. The SMILES string of the molecule is N#[N+]c1ccc2c(S(=O)(=O)Oc3ccc(C(c4ccc(OS(=O)(=O)c5cccc6c([O-])c([N+]#N)ccc56)cc4)c4ccc(OS(=O)(=O)c5cccc6c([O-])c([N+]#N)ccc56)cc4)cc3)cccc2c1[O-]. The highest BCUT2D eigenvalue weighted by Gasteiger charge is 2.27. The summed E-state index contributed by atoms with van der Waals surface area (Å²) in [5.74, 6) is -3.09. The van der Waals surface area contributed by atoms with Crippen molar-refractivity contribution in [3.05, 3.63) is 195 Å². The summed E-state index contributed by atoms with van der Waals surface area (Å²) in [4.78, 5) is 7.91. The standard InChI is InChI=1S/C49H28N6O12S3/c50-53-40-25-22-34-37(47(40)56)4-1-7-43(34)68(59,60)65-31-16-10-28(11-17-31)46(29-12-18-32(19-13-29)66-69(61,62)44-8-2-5-38-35(44)23-26-41(54-51)48(38)57)30-14-20-33(21-15-30)67-70(63,64)45-9-3-6-39-36(45)24-27-42(55-52)49(39)58/h1-27,46H. The Labute approximate surface area is 397 Å². The minimum absolute atomic E-state index is 0.0120. The number of benzene rings is 9. The second-order valence-electron chi connectivity index (χ2n) is 15.3. The van der Waals surface area contributed by atoms with Gasteiger partial charge in [-0.2, -0.15) is 25.3 Å². The van der Waals surface area contributed by atoms with Gasteiger partial charge in [0.25, 0.3) is 0 Å². The van der Waals surface area contributed by atoms with E-state index < -0.39 is 53.5 Å². The molecule has 21 heteroatoms. The summed E-state index contributed by atoms with van der Waals surface area (Å²) in [6, 6.07) is 37.3. The zero-order chi connectivity index (χ0) is 49.5. The van der Waals surface area contributed by atoms with Crippen LogP contribution in [0.4, 0.5) is 17.1 Å². The molecular formula is C49H28N6O12S3. The molecule has 0 aliphatic heterocycles. The van der Waals surface area contributed by atoms with Crippen LogP contribution >= 0.6 is 0 Å². The summed E-state index contributed by atoms with van der Waals surface area (Å²) < 4.78 is 98.4. The van der Waals surface area contributed by atoms with E-state index in [1.165, 1.54) is 127 Å². The monoisotopic (exact) mass is 988 g/mol. The quantitative estimate of drug-likeness (QED) is 0.0626. The molecule has 0 amide bonds. The minimum atomic E-state index is -4.55. The van der Waals surface area contributed by atoms with Gasteiger partial charge in [0, 0.05) is 40.3 Å². The third-order valence-corrected chi connectivity index (χ3v) is 15.2. The fraction of sp³-hybridized carbons (Fsp3) is 0.0204. The van der Waals surface area contributed by atoms with Crippen molar-refractivity contribution in [2.75, 3.05) is 0 Å². The van der Waals surface area contributed by atoms with Crippen LogP contribution in [-0.2, 0) is 30.4 Å². The van der Waals surface area contributed by atoms with Crippen molar-refractivity contribution in [1.29, 1.82) is 16.2 Å². The third kappa shape index (κ3) is 8.37. The summed E-state index contributed by atoms with van der Waals surface area (Å²) in [5.41, 5.74) is 0.807. The molecule has 0 N–H and O–H groups in total. The highest BCUT2D eigenvalue weighted by atomic mass is 32.2. The molecule has 0 aliphatic carbocycles. The number of hydrogen-bond acceptors (Lipinski definition) is 15. The summed E-state index contributed by atoms with van der Waals surface area (Å²) in [7, 11) is -13.6. The maximum absolute atomic E-state index is 13.6. The van der Waals surface area contributed by atoms with Crippen molar-refractivity contribution >= 4 is 79.7 Å². The summed E-state index contributed by atoms with van der Waals surface area (Å²) in [6.45, 7) is 0. The van der Waals surface area contributed by atoms with Gasteiger partial charge in [0.05, 0.1) is 0 Å². The van der Waals surface area contributed by atoms with Gasteiger partial charge in [-0.15, -0.1) is 0 Å². The van der Waals surface area contributed by atoms with Crippen LogP contribution in [0, 0.1) is 16.2 Å². The molecule has 0 aromatic heterocycles. The summed E-state index contributed by atoms with van der Waals surface area (Å²) in [5, 5.41) is 65.9. The fourth-order valence-corrected chi connectivity index (χ4v) is 11.4. The summed E-state index contributed by atoms with van der Waals surface area (Å²) >= 11 is 0. The zero-order valence-corrected chi connectivity index (χ0v) is 37.9. The Hall–Kier alpha value is -9.33. The predicted molar refractivity (Wildman–Crippen MR) is 248 cm³/mol. The Bertz CT molecular complexity index is 3680. The van der Waals surface area contributed by atoms with Crippen LogP contribution in [0.25, 0.3) is 47.2 Å². The van der Waals surface area contributed by atoms with Gasteiger partial charge in [-0.1, -0.05) is 72.8 Å². The molecule has 0 radical (unpaired) electrons. The first-order valence-corrected chi connectivity index (χ1v) is 24.6. The van der Waals surface area contributed by atoms with Crippen molar-refractivity contribution in [2.24, 2.45) is 0 Å². The highest BCUT2D eigenvalue weighted by Crippen LogP contribution is 2.41. The van der Waals surface area contributed by atoms with Crippen LogP contribution < -0.4 is 27.9 Å². The molecule has 9 aromatic rings. The van der Waals surface area contributed by atoms with Crippen LogP contribution in [-0.4, -0.2) is 25.3 Å². The summed E-state index contributed by atoms with van der Waals surface area (Å²) in [6.07, 6.45) is 0. The van der Waals surface area contributed by atoms with E-state index in [2.05, 4.69) is 14.9 Å². The molecule has 0 saturated carbocycles. The zero-order valence-electron chi connectivity index (χ0n) is 35.5. The molecule has 9 rings (SSSR count). The minimum Gasteiger partial charge on any atom is -0.867 e. The topological polar surface area (TPSA) is 284 Å². The molecule has 0 spiro atoms. The van der Waals surface area contributed by atoms with E-state index in [9.17, 15) is 56.8 Å². The maximum atomic E-state index is 13.6. The number of nitrogens with zero attached hydrogens (tertiary/aromatic N) is 6. The number of diazo groups is 3.